The minimum Gasteiger partial charge on any atom is -0.457 e. The monoisotopic (exact) mass is 1080 g/mol. The highest BCUT2D eigenvalue weighted by molar-refractivity contribution is 6.03. The molecule has 5 aromatic carbocycles. The van der Waals surface area contributed by atoms with Crippen LogP contribution in [0.25, 0.3) is 0 Å². The lowest BCUT2D eigenvalue weighted by atomic mass is 9.77. The van der Waals surface area contributed by atoms with Crippen molar-refractivity contribution in [3.63, 3.8) is 0 Å². The average molecular weight is 1080 g/mol. The number of benzene rings is 5. The van der Waals surface area contributed by atoms with E-state index in [-0.39, 0.29) is 40.5 Å². The normalized spacial score (nSPS) is 16.9. The Hall–Kier alpha value is -8.18. The molecule has 14 nitrogen and oxygen atoms in total. The standard InChI is InChI=1S/C64H65F2N9O5/c65-53-15-9-48(10-16-53)42-70-31-35-74(36-32-70)61(77)51-13-23-57(67-40-51)60(76)69-55-19-21-56(22-20-55)80-59-4-2-1-3-50(59)39-46-5-7-47(8-6-46)44-72-28-25-64(45-72)26-29-73(30-27-64)63(79)58-24-14-52(41-68-58)62(78)75-37-33-71(34-38-75)43-49-11-17-54(66)18-12-49/h1-24,40-41H,25-39,42-45H2,(H,69,76). The number of ether oxygens (including phenoxy) is 1. The third-order valence-electron chi connectivity index (χ3n) is 16.2. The first kappa shape index (κ1) is 53.8. The topological polar surface area (TPSA) is 135 Å². The molecule has 4 saturated heterocycles. The number of piperazine rings is 2. The van der Waals surface area contributed by atoms with Crippen LogP contribution in [0, 0.1) is 17.0 Å². The van der Waals surface area contributed by atoms with Gasteiger partial charge in [-0.2, -0.15) is 0 Å². The van der Waals surface area contributed by atoms with Gasteiger partial charge in [0, 0.05) is 116 Å². The Kier molecular flexibility index (Phi) is 16.4. The molecule has 7 aromatic rings. The molecule has 1 N–H and O–H groups in total. The Labute approximate surface area is 465 Å². The average Bonchev–Trinajstić information content (AvgIpc) is 3.88. The zero-order valence-corrected chi connectivity index (χ0v) is 44.8. The number of anilines is 1. The zero-order chi connectivity index (χ0) is 55.0. The number of likely N-dealkylation sites (tertiary alicyclic amines) is 2. The third-order valence-corrected chi connectivity index (χ3v) is 16.2. The number of para-hydroxylation sites is 1. The van der Waals surface area contributed by atoms with Gasteiger partial charge in [-0.1, -0.05) is 66.7 Å². The Bertz CT molecular complexity index is 3270. The van der Waals surface area contributed by atoms with Crippen LogP contribution in [0.3, 0.4) is 0 Å². The van der Waals surface area contributed by atoms with Crippen LogP contribution >= 0.6 is 0 Å². The smallest absolute Gasteiger partial charge is 0.274 e. The van der Waals surface area contributed by atoms with E-state index in [9.17, 15) is 28.0 Å². The summed E-state index contributed by atoms with van der Waals surface area (Å²) in [5.41, 5.74) is 7.77. The molecular formula is C64H65F2N9O5. The Morgan fingerprint density at radius 3 is 1.49 bits per heavy atom. The Balaban J connectivity index is 0.598. The summed E-state index contributed by atoms with van der Waals surface area (Å²) in [6.07, 6.45) is 6.68. The van der Waals surface area contributed by atoms with Crippen molar-refractivity contribution in [3.05, 3.63) is 220 Å². The number of nitrogens with one attached hydrogen (secondary N) is 1. The van der Waals surface area contributed by atoms with Crippen molar-refractivity contribution in [2.45, 2.75) is 45.3 Å². The third kappa shape index (κ3) is 13.3. The summed E-state index contributed by atoms with van der Waals surface area (Å²) < 4.78 is 33.0. The van der Waals surface area contributed by atoms with Crippen LogP contribution in [0.2, 0.25) is 0 Å². The molecule has 1 spiro atoms. The van der Waals surface area contributed by atoms with Crippen molar-refractivity contribution >= 4 is 29.3 Å². The molecule has 4 aliphatic rings. The van der Waals surface area contributed by atoms with Crippen molar-refractivity contribution in [2.24, 2.45) is 5.41 Å². The SMILES string of the molecule is O=C(Nc1ccc(Oc2ccccc2Cc2ccc(CN3CCC4(CCN(C(=O)c5ccc(C(=O)N6CCN(Cc7ccc(F)cc7)CC6)cn5)CC4)C3)cc2)cc1)c1ccc(C(=O)N2CCN(Cc3ccc(F)cc3)CC2)cn1. The molecule has 6 heterocycles. The number of hydrogen-bond donors (Lipinski definition) is 1. The minimum absolute atomic E-state index is 0.0843. The first-order valence-corrected chi connectivity index (χ1v) is 27.7. The maximum Gasteiger partial charge on any atom is 0.274 e. The van der Waals surface area contributed by atoms with E-state index in [2.05, 4.69) is 60.3 Å². The molecule has 0 saturated carbocycles. The molecular weight excluding hydrogens is 1010 g/mol. The summed E-state index contributed by atoms with van der Waals surface area (Å²) in [7, 11) is 0. The molecule has 0 atom stereocenters. The van der Waals surface area contributed by atoms with Crippen molar-refractivity contribution < 1.29 is 32.7 Å². The van der Waals surface area contributed by atoms with Crippen LogP contribution in [-0.2, 0) is 26.1 Å². The van der Waals surface area contributed by atoms with Crippen LogP contribution in [0.5, 0.6) is 11.5 Å². The lowest BCUT2D eigenvalue weighted by Crippen LogP contribution is -2.48. The summed E-state index contributed by atoms with van der Waals surface area (Å²) in [5, 5.41) is 2.89. The summed E-state index contributed by atoms with van der Waals surface area (Å²) >= 11 is 0. The summed E-state index contributed by atoms with van der Waals surface area (Å²) in [6.45, 7) is 10.8. The molecule has 2 aromatic heterocycles. The summed E-state index contributed by atoms with van der Waals surface area (Å²) in [5.74, 6) is 0.176. The minimum atomic E-state index is -0.391. The molecule has 0 aliphatic carbocycles. The molecule has 80 heavy (non-hydrogen) atoms. The second-order valence-corrected chi connectivity index (χ2v) is 21.7. The van der Waals surface area contributed by atoms with Crippen molar-refractivity contribution in [2.75, 3.05) is 83.9 Å². The molecule has 16 heteroatoms. The predicted octanol–water partition coefficient (Wildman–Crippen LogP) is 9.43. The number of pyridine rings is 2. The van der Waals surface area contributed by atoms with Gasteiger partial charge in [0.25, 0.3) is 23.6 Å². The van der Waals surface area contributed by atoms with Crippen LogP contribution in [0.4, 0.5) is 14.5 Å². The van der Waals surface area contributed by atoms with E-state index < -0.39 is 5.91 Å². The van der Waals surface area contributed by atoms with Crippen molar-refractivity contribution in [1.29, 1.82) is 0 Å². The molecule has 0 bridgehead atoms. The van der Waals surface area contributed by atoms with E-state index in [1.807, 2.05) is 40.1 Å². The van der Waals surface area contributed by atoms with Gasteiger partial charge in [0.1, 0.15) is 34.5 Å². The summed E-state index contributed by atoms with van der Waals surface area (Å²) in [4.78, 5) is 74.7. The maximum atomic E-state index is 13.6. The van der Waals surface area contributed by atoms with E-state index in [1.54, 1.807) is 65.6 Å². The number of amides is 4. The number of aromatic nitrogens is 2. The fourth-order valence-electron chi connectivity index (χ4n) is 11.4. The lowest BCUT2D eigenvalue weighted by Gasteiger charge is -2.39. The number of piperidine rings is 1. The zero-order valence-electron chi connectivity index (χ0n) is 44.8. The van der Waals surface area contributed by atoms with Gasteiger partial charge < -0.3 is 24.8 Å². The van der Waals surface area contributed by atoms with Crippen LogP contribution < -0.4 is 10.1 Å². The fraction of sp³-hybridized carbons (Fsp3) is 0.312. The quantitative estimate of drug-likeness (QED) is 0.106. The van der Waals surface area contributed by atoms with E-state index in [0.717, 1.165) is 74.4 Å². The van der Waals surface area contributed by atoms with Gasteiger partial charge in [0.15, 0.2) is 0 Å². The van der Waals surface area contributed by atoms with Gasteiger partial charge in [0.05, 0.1) is 11.1 Å². The maximum absolute atomic E-state index is 13.6. The highest BCUT2D eigenvalue weighted by Gasteiger charge is 2.41. The number of halogens is 2. The van der Waals surface area contributed by atoms with E-state index in [0.29, 0.717) is 100 Å². The fourth-order valence-corrected chi connectivity index (χ4v) is 11.4. The first-order valence-electron chi connectivity index (χ1n) is 27.7. The van der Waals surface area contributed by atoms with Crippen LogP contribution in [0.15, 0.2) is 158 Å². The Morgan fingerprint density at radius 2 is 0.950 bits per heavy atom. The number of rotatable bonds is 15. The molecule has 4 aliphatic heterocycles. The van der Waals surface area contributed by atoms with Crippen LogP contribution in [-0.4, -0.2) is 142 Å². The number of carbonyl (C=O) groups is 4. The second-order valence-electron chi connectivity index (χ2n) is 21.7. The number of carbonyl (C=O) groups excluding carboxylic acids is 4. The predicted molar refractivity (Wildman–Crippen MR) is 301 cm³/mol. The number of hydrogen-bond acceptors (Lipinski definition) is 10. The van der Waals surface area contributed by atoms with Crippen molar-refractivity contribution in [1.82, 2.24) is 39.4 Å². The second kappa shape index (κ2) is 24.5. The van der Waals surface area contributed by atoms with Gasteiger partial charge in [-0.15, -0.1) is 0 Å². The molecule has 0 unspecified atom stereocenters. The van der Waals surface area contributed by atoms with Crippen molar-refractivity contribution in [3.8, 4) is 11.5 Å². The Morgan fingerprint density at radius 1 is 0.475 bits per heavy atom. The molecule has 0 radical (unpaired) electrons. The summed E-state index contributed by atoms with van der Waals surface area (Å²) in [6, 6.07) is 43.7. The largest absolute Gasteiger partial charge is 0.457 e. The first-order chi connectivity index (χ1) is 39.0. The van der Waals surface area contributed by atoms with Gasteiger partial charge >= 0.3 is 0 Å². The van der Waals surface area contributed by atoms with E-state index in [1.165, 1.54) is 47.8 Å². The van der Waals surface area contributed by atoms with Gasteiger partial charge in [-0.05, 0) is 138 Å². The molecule has 4 amide bonds. The van der Waals surface area contributed by atoms with E-state index >= 15 is 0 Å². The highest BCUT2D eigenvalue weighted by atomic mass is 19.1. The number of nitrogens with zero attached hydrogens (tertiary/aromatic N) is 8. The van der Waals surface area contributed by atoms with Gasteiger partial charge in [0.2, 0.25) is 0 Å². The molecule has 410 valence electrons. The molecule has 4 fully saturated rings. The lowest BCUT2D eigenvalue weighted by molar-refractivity contribution is 0.0578. The van der Waals surface area contributed by atoms with Gasteiger partial charge in [-0.3, -0.25) is 43.8 Å². The van der Waals surface area contributed by atoms with Gasteiger partial charge in [-0.25, -0.2) is 8.78 Å². The highest BCUT2D eigenvalue weighted by Crippen LogP contribution is 2.41. The van der Waals surface area contributed by atoms with E-state index in [4.69, 9.17) is 4.74 Å². The van der Waals surface area contributed by atoms with Crippen LogP contribution in [0.1, 0.15) is 88.8 Å². The molecule has 11 rings (SSSR count).